The number of hydrogen-bond donors (Lipinski definition) is 1. The Balaban J connectivity index is 2.58. The lowest BCUT2D eigenvalue weighted by molar-refractivity contribution is 0.449. The van der Waals surface area contributed by atoms with Crippen LogP contribution in [0.25, 0.3) is 0 Å². The molecule has 0 atom stereocenters. The highest BCUT2D eigenvalue weighted by Crippen LogP contribution is 2.19. The molecule has 0 radical (unpaired) electrons. The summed E-state index contributed by atoms with van der Waals surface area (Å²) in [6, 6.07) is 2.11. The van der Waals surface area contributed by atoms with Crippen LogP contribution in [0.5, 0.6) is 0 Å². The molecule has 0 aliphatic rings. The molecule has 0 aromatic heterocycles. The number of anilines is 1. The van der Waals surface area contributed by atoms with Gasteiger partial charge in [0.1, 0.15) is 0 Å². The second-order valence-corrected chi connectivity index (χ2v) is 4.24. The third-order valence-corrected chi connectivity index (χ3v) is 2.70. The van der Waals surface area contributed by atoms with E-state index in [1.54, 1.807) is 11.8 Å². The van der Waals surface area contributed by atoms with Crippen molar-refractivity contribution in [3.63, 3.8) is 0 Å². The van der Waals surface area contributed by atoms with E-state index in [0.717, 1.165) is 17.6 Å². The summed E-state index contributed by atoms with van der Waals surface area (Å²) in [4.78, 5) is 0. The van der Waals surface area contributed by atoms with Gasteiger partial charge in [-0.3, -0.25) is 0 Å². The van der Waals surface area contributed by atoms with Gasteiger partial charge < -0.3 is 5.32 Å². The molecule has 0 fully saturated rings. The highest BCUT2D eigenvalue weighted by Gasteiger charge is 2.12. The topological polar surface area (TPSA) is 12.0 Å². The summed E-state index contributed by atoms with van der Waals surface area (Å²) < 4.78 is 38.4. The van der Waals surface area contributed by atoms with Crippen LogP contribution in [-0.2, 0) is 0 Å². The molecule has 1 N–H and O–H groups in total. The molecule has 0 amide bonds. The van der Waals surface area contributed by atoms with E-state index < -0.39 is 17.5 Å². The third-order valence-electron chi connectivity index (χ3n) is 1.80. The number of benzene rings is 1. The lowest BCUT2D eigenvalue weighted by atomic mass is 10.3. The lowest BCUT2D eigenvalue weighted by Gasteiger charge is -2.07. The van der Waals surface area contributed by atoms with Crippen LogP contribution in [0, 0.1) is 17.5 Å². The predicted octanol–water partition coefficient (Wildman–Crippen LogP) is 3.27. The van der Waals surface area contributed by atoms with Gasteiger partial charge in [-0.1, -0.05) is 6.92 Å². The zero-order valence-corrected chi connectivity index (χ0v) is 9.13. The van der Waals surface area contributed by atoms with E-state index in [2.05, 4.69) is 5.32 Å². The van der Waals surface area contributed by atoms with Gasteiger partial charge in [0.2, 0.25) is 0 Å². The SMILES string of the molecule is CCSCCNc1ccc(F)c(F)c1F. The van der Waals surface area contributed by atoms with Gasteiger partial charge in [-0.05, 0) is 17.9 Å². The molecule has 1 aromatic carbocycles. The van der Waals surface area contributed by atoms with E-state index >= 15 is 0 Å². The maximum atomic E-state index is 13.1. The van der Waals surface area contributed by atoms with Gasteiger partial charge in [0.05, 0.1) is 5.69 Å². The van der Waals surface area contributed by atoms with Crippen LogP contribution in [-0.4, -0.2) is 18.1 Å². The molecule has 0 heterocycles. The van der Waals surface area contributed by atoms with Gasteiger partial charge in [-0.2, -0.15) is 11.8 Å². The Kier molecular flexibility index (Phi) is 4.81. The zero-order chi connectivity index (χ0) is 11.3. The van der Waals surface area contributed by atoms with E-state index in [4.69, 9.17) is 0 Å². The fraction of sp³-hybridized carbons (Fsp3) is 0.400. The van der Waals surface area contributed by atoms with Gasteiger partial charge in [0, 0.05) is 12.3 Å². The Bertz CT molecular complexity index is 331. The largest absolute Gasteiger partial charge is 0.382 e. The van der Waals surface area contributed by atoms with E-state index in [1.807, 2.05) is 6.92 Å². The molecule has 1 aromatic rings. The number of thioether (sulfide) groups is 1. The molecule has 1 rings (SSSR count). The summed E-state index contributed by atoms with van der Waals surface area (Å²) in [7, 11) is 0. The molecule has 0 aliphatic heterocycles. The zero-order valence-electron chi connectivity index (χ0n) is 8.32. The second kappa shape index (κ2) is 5.90. The van der Waals surface area contributed by atoms with Crippen molar-refractivity contribution in [3.05, 3.63) is 29.6 Å². The van der Waals surface area contributed by atoms with Crippen molar-refractivity contribution in [3.8, 4) is 0 Å². The first-order valence-corrected chi connectivity index (χ1v) is 5.77. The van der Waals surface area contributed by atoms with Crippen LogP contribution < -0.4 is 5.32 Å². The molecule has 0 aliphatic carbocycles. The third kappa shape index (κ3) is 3.34. The minimum atomic E-state index is -1.43. The highest BCUT2D eigenvalue weighted by molar-refractivity contribution is 7.99. The highest BCUT2D eigenvalue weighted by atomic mass is 32.2. The molecule has 5 heteroatoms. The van der Waals surface area contributed by atoms with Crippen LogP contribution in [0.2, 0.25) is 0 Å². The molecular formula is C10H12F3NS. The van der Waals surface area contributed by atoms with Crippen molar-refractivity contribution < 1.29 is 13.2 Å². The molecule has 0 bridgehead atoms. The summed E-state index contributed by atoms with van der Waals surface area (Å²) in [6.07, 6.45) is 0. The van der Waals surface area contributed by atoms with Crippen LogP contribution >= 0.6 is 11.8 Å². The first kappa shape index (κ1) is 12.2. The molecular weight excluding hydrogens is 223 g/mol. The van der Waals surface area contributed by atoms with Gasteiger partial charge >= 0.3 is 0 Å². The number of rotatable bonds is 5. The van der Waals surface area contributed by atoms with Crippen molar-refractivity contribution in [1.82, 2.24) is 0 Å². The van der Waals surface area contributed by atoms with Gasteiger partial charge in [-0.15, -0.1) is 0 Å². The van der Waals surface area contributed by atoms with Gasteiger partial charge in [0.15, 0.2) is 17.5 Å². The Hall–Kier alpha value is -0.840. The van der Waals surface area contributed by atoms with Crippen LogP contribution in [0.1, 0.15) is 6.92 Å². The van der Waals surface area contributed by atoms with E-state index in [-0.39, 0.29) is 5.69 Å². The summed E-state index contributed by atoms with van der Waals surface area (Å²) in [5.41, 5.74) is 0.00519. The summed E-state index contributed by atoms with van der Waals surface area (Å²) in [5.74, 6) is -1.97. The molecule has 0 saturated heterocycles. The van der Waals surface area contributed by atoms with Crippen molar-refractivity contribution in [2.45, 2.75) is 6.92 Å². The standard InChI is InChI=1S/C10H12F3NS/c1-2-15-6-5-14-8-4-3-7(11)9(12)10(8)13/h3-4,14H,2,5-6H2,1H3. The summed E-state index contributed by atoms with van der Waals surface area (Å²) in [5, 5.41) is 2.71. The maximum Gasteiger partial charge on any atom is 0.196 e. The van der Waals surface area contributed by atoms with Crippen LogP contribution in [0.4, 0.5) is 18.9 Å². The smallest absolute Gasteiger partial charge is 0.196 e. The number of nitrogens with one attached hydrogen (secondary N) is 1. The molecule has 15 heavy (non-hydrogen) atoms. The Morgan fingerprint density at radius 1 is 1.20 bits per heavy atom. The van der Waals surface area contributed by atoms with E-state index in [9.17, 15) is 13.2 Å². The predicted molar refractivity (Wildman–Crippen MR) is 57.8 cm³/mol. The first-order chi connectivity index (χ1) is 7.16. The molecule has 1 nitrogen and oxygen atoms in total. The second-order valence-electron chi connectivity index (χ2n) is 2.85. The van der Waals surface area contributed by atoms with Crippen molar-refractivity contribution in [1.29, 1.82) is 0 Å². The molecule has 84 valence electrons. The summed E-state index contributed by atoms with van der Waals surface area (Å²) >= 11 is 1.69. The maximum absolute atomic E-state index is 13.1. The summed E-state index contributed by atoms with van der Waals surface area (Å²) in [6.45, 7) is 2.54. The molecule has 0 saturated carbocycles. The fourth-order valence-electron chi connectivity index (χ4n) is 1.06. The molecule has 0 unspecified atom stereocenters. The van der Waals surface area contributed by atoms with Crippen molar-refractivity contribution in [2.75, 3.05) is 23.4 Å². The fourth-order valence-corrected chi connectivity index (χ4v) is 1.60. The monoisotopic (exact) mass is 235 g/mol. The Morgan fingerprint density at radius 3 is 2.60 bits per heavy atom. The van der Waals surface area contributed by atoms with E-state index in [1.165, 1.54) is 6.07 Å². The van der Waals surface area contributed by atoms with Crippen molar-refractivity contribution in [2.24, 2.45) is 0 Å². The van der Waals surface area contributed by atoms with Crippen LogP contribution in [0.15, 0.2) is 12.1 Å². The minimum Gasteiger partial charge on any atom is -0.382 e. The Labute approximate surface area is 91.1 Å². The number of halogens is 3. The molecule has 0 spiro atoms. The minimum absolute atomic E-state index is 0.00519. The van der Waals surface area contributed by atoms with Crippen molar-refractivity contribution >= 4 is 17.4 Å². The first-order valence-electron chi connectivity index (χ1n) is 4.62. The van der Waals surface area contributed by atoms with Crippen LogP contribution in [0.3, 0.4) is 0 Å². The Morgan fingerprint density at radius 2 is 1.93 bits per heavy atom. The number of hydrogen-bond acceptors (Lipinski definition) is 2. The lowest BCUT2D eigenvalue weighted by Crippen LogP contribution is -2.07. The normalized spacial score (nSPS) is 10.4. The quantitative estimate of drug-likeness (QED) is 0.621. The van der Waals surface area contributed by atoms with E-state index in [0.29, 0.717) is 6.54 Å². The average Bonchev–Trinajstić information content (AvgIpc) is 2.24. The van der Waals surface area contributed by atoms with Gasteiger partial charge in [-0.25, -0.2) is 13.2 Å². The van der Waals surface area contributed by atoms with Gasteiger partial charge in [0.25, 0.3) is 0 Å². The average molecular weight is 235 g/mol.